The average Bonchev–Trinajstić information content (AvgIpc) is 2.96. The van der Waals surface area contributed by atoms with Crippen LogP contribution in [0, 0.1) is 0 Å². The van der Waals surface area contributed by atoms with E-state index in [9.17, 15) is 14.4 Å². The highest BCUT2D eigenvalue weighted by atomic mass is 16.2. The van der Waals surface area contributed by atoms with Gasteiger partial charge in [-0.05, 0) is 37.6 Å². The van der Waals surface area contributed by atoms with Gasteiger partial charge in [0.05, 0.1) is 0 Å². The lowest BCUT2D eigenvalue weighted by atomic mass is 9.99. The summed E-state index contributed by atoms with van der Waals surface area (Å²) >= 11 is 0. The Morgan fingerprint density at radius 3 is 2.61 bits per heavy atom. The summed E-state index contributed by atoms with van der Waals surface area (Å²) in [5.41, 5.74) is 1.31. The van der Waals surface area contributed by atoms with Gasteiger partial charge in [-0.3, -0.25) is 14.5 Å². The monoisotopic (exact) mass is 316 g/mol. The first-order valence-corrected chi connectivity index (χ1v) is 7.80. The Morgan fingerprint density at radius 1 is 1.26 bits per heavy atom. The van der Waals surface area contributed by atoms with Crippen molar-refractivity contribution in [3.63, 3.8) is 0 Å². The third-order valence-electron chi connectivity index (χ3n) is 4.29. The highest BCUT2D eigenvalue weighted by Crippen LogP contribution is 2.18. The summed E-state index contributed by atoms with van der Waals surface area (Å²) in [7, 11) is 0. The summed E-state index contributed by atoms with van der Waals surface area (Å²) in [5, 5.41) is 8.53. The van der Waals surface area contributed by atoms with Crippen LogP contribution in [-0.2, 0) is 4.79 Å². The Kier molecular flexibility index (Phi) is 4.18. The fraction of sp³-hybridized carbons (Fsp3) is 0.438. The van der Waals surface area contributed by atoms with Crippen molar-refractivity contribution in [3.05, 3.63) is 29.8 Å². The number of carbonyl (C=O) groups excluding carboxylic acids is 3. The van der Waals surface area contributed by atoms with Crippen LogP contribution in [0.25, 0.3) is 0 Å². The summed E-state index contributed by atoms with van der Waals surface area (Å²) in [4.78, 5) is 36.9. The number of carbonyl (C=O) groups is 3. The highest BCUT2D eigenvalue weighted by Gasteiger charge is 2.27. The molecule has 1 aromatic rings. The number of nitrogens with one attached hydrogen (secondary N) is 3. The second kappa shape index (κ2) is 6.28. The second-order valence-electron chi connectivity index (χ2n) is 5.91. The first-order chi connectivity index (χ1) is 11.0. The molecule has 122 valence electrons. The van der Waals surface area contributed by atoms with Gasteiger partial charge in [0.2, 0.25) is 5.91 Å². The maximum absolute atomic E-state index is 12.3. The van der Waals surface area contributed by atoms with E-state index in [1.165, 1.54) is 0 Å². The molecule has 2 unspecified atom stereocenters. The molecule has 4 amide bonds. The summed E-state index contributed by atoms with van der Waals surface area (Å²) in [5.74, 6) is -0.147. The van der Waals surface area contributed by atoms with Gasteiger partial charge < -0.3 is 16.0 Å². The van der Waals surface area contributed by atoms with Gasteiger partial charge in [-0.15, -0.1) is 0 Å². The number of benzene rings is 1. The fourth-order valence-electron chi connectivity index (χ4n) is 2.92. The largest absolute Gasteiger partial charge is 0.352 e. The summed E-state index contributed by atoms with van der Waals surface area (Å²) in [6.45, 7) is 3.15. The molecule has 2 aliphatic heterocycles. The van der Waals surface area contributed by atoms with E-state index in [1.54, 1.807) is 29.2 Å². The maximum Gasteiger partial charge on any atom is 0.321 e. The van der Waals surface area contributed by atoms with Crippen molar-refractivity contribution in [3.8, 4) is 0 Å². The summed E-state index contributed by atoms with van der Waals surface area (Å²) < 4.78 is 0. The van der Waals surface area contributed by atoms with E-state index in [1.807, 2.05) is 6.92 Å². The van der Waals surface area contributed by atoms with E-state index < -0.39 is 0 Å². The first kappa shape index (κ1) is 15.3. The molecule has 7 heteroatoms. The molecule has 3 N–H and O–H groups in total. The van der Waals surface area contributed by atoms with Gasteiger partial charge in [-0.1, -0.05) is 0 Å². The Labute approximate surface area is 134 Å². The number of piperidine rings is 1. The van der Waals surface area contributed by atoms with Crippen LogP contribution < -0.4 is 20.9 Å². The van der Waals surface area contributed by atoms with Crippen molar-refractivity contribution in [1.82, 2.24) is 16.0 Å². The Bertz CT molecular complexity index is 629. The molecule has 2 aliphatic rings. The molecule has 23 heavy (non-hydrogen) atoms. The predicted octanol–water partition coefficient (Wildman–Crippen LogP) is 0.613. The Hall–Kier alpha value is -2.57. The third kappa shape index (κ3) is 3.28. The van der Waals surface area contributed by atoms with Gasteiger partial charge in [0.15, 0.2) is 0 Å². The Morgan fingerprint density at radius 2 is 2.00 bits per heavy atom. The van der Waals surface area contributed by atoms with E-state index in [4.69, 9.17) is 0 Å². The number of hydrogen-bond acceptors (Lipinski definition) is 3. The van der Waals surface area contributed by atoms with Crippen LogP contribution in [0.2, 0.25) is 0 Å². The quantitative estimate of drug-likeness (QED) is 0.763. The van der Waals surface area contributed by atoms with Gasteiger partial charge in [0.1, 0.15) is 0 Å². The average molecular weight is 316 g/mol. The summed E-state index contributed by atoms with van der Waals surface area (Å²) in [6, 6.07) is 6.70. The number of nitrogens with zero attached hydrogens (tertiary/aromatic N) is 1. The van der Waals surface area contributed by atoms with Crippen LogP contribution in [0.5, 0.6) is 0 Å². The van der Waals surface area contributed by atoms with E-state index >= 15 is 0 Å². The van der Waals surface area contributed by atoms with Crippen LogP contribution in [0.15, 0.2) is 24.3 Å². The van der Waals surface area contributed by atoms with Crippen molar-refractivity contribution >= 4 is 23.5 Å². The normalized spacial score (nSPS) is 24.1. The molecule has 0 aliphatic carbocycles. The van der Waals surface area contributed by atoms with Crippen molar-refractivity contribution in [2.45, 2.75) is 31.8 Å². The van der Waals surface area contributed by atoms with E-state index in [2.05, 4.69) is 16.0 Å². The Balaban J connectivity index is 1.63. The van der Waals surface area contributed by atoms with Gasteiger partial charge in [-0.2, -0.15) is 0 Å². The molecule has 1 aromatic carbocycles. The van der Waals surface area contributed by atoms with Gasteiger partial charge in [-0.25, -0.2) is 4.79 Å². The van der Waals surface area contributed by atoms with Crippen molar-refractivity contribution in [1.29, 1.82) is 0 Å². The zero-order chi connectivity index (χ0) is 16.4. The van der Waals surface area contributed by atoms with E-state index in [0.29, 0.717) is 31.5 Å². The molecule has 2 fully saturated rings. The lowest BCUT2D eigenvalue weighted by molar-refractivity contribution is -0.123. The fourth-order valence-corrected chi connectivity index (χ4v) is 2.92. The molecular weight excluding hydrogens is 296 g/mol. The smallest absolute Gasteiger partial charge is 0.321 e. The SMILES string of the molecule is CC1NC(=O)CCC1NC(=O)c1ccc(N2CCNC2=O)cc1. The van der Waals surface area contributed by atoms with Gasteiger partial charge in [0.25, 0.3) is 5.91 Å². The van der Waals surface area contributed by atoms with Crippen LogP contribution >= 0.6 is 0 Å². The maximum atomic E-state index is 12.3. The minimum absolute atomic E-state index is 0.0243. The minimum atomic E-state index is -0.171. The van der Waals surface area contributed by atoms with Crippen LogP contribution in [0.4, 0.5) is 10.5 Å². The molecule has 2 heterocycles. The number of urea groups is 1. The molecular formula is C16H20N4O3. The van der Waals surface area contributed by atoms with E-state index in [-0.39, 0.29) is 29.9 Å². The number of hydrogen-bond donors (Lipinski definition) is 3. The highest BCUT2D eigenvalue weighted by molar-refractivity contribution is 5.97. The minimum Gasteiger partial charge on any atom is -0.352 e. The molecule has 0 bridgehead atoms. The molecule has 0 spiro atoms. The first-order valence-electron chi connectivity index (χ1n) is 7.80. The molecule has 0 radical (unpaired) electrons. The molecule has 7 nitrogen and oxygen atoms in total. The van der Waals surface area contributed by atoms with Crippen LogP contribution in [-0.4, -0.2) is 43.0 Å². The van der Waals surface area contributed by atoms with Crippen LogP contribution in [0.3, 0.4) is 0 Å². The third-order valence-corrected chi connectivity index (χ3v) is 4.29. The predicted molar refractivity (Wildman–Crippen MR) is 85.3 cm³/mol. The van der Waals surface area contributed by atoms with E-state index in [0.717, 1.165) is 5.69 Å². The van der Waals surface area contributed by atoms with Crippen molar-refractivity contribution < 1.29 is 14.4 Å². The van der Waals surface area contributed by atoms with Crippen LogP contribution in [0.1, 0.15) is 30.1 Å². The van der Waals surface area contributed by atoms with Crippen molar-refractivity contribution in [2.24, 2.45) is 0 Å². The van der Waals surface area contributed by atoms with Crippen molar-refractivity contribution in [2.75, 3.05) is 18.0 Å². The van der Waals surface area contributed by atoms with Gasteiger partial charge in [0, 0.05) is 42.8 Å². The lowest BCUT2D eigenvalue weighted by Gasteiger charge is -2.30. The topological polar surface area (TPSA) is 90.5 Å². The van der Waals surface area contributed by atoms with Gasteiger partial charge >= 0.3 is 6.03 Å². The molecule has 2 atom stereocenters. The standard InChI is InChI=1S/C16H20N4O3/c1-10-13(6-7-14(21)18-10)19-15(22)11-2-4-12(5-3-11)20-9-8-17-16(20)23/h2-5,10,13H,6-9H2,1H3,(H,17,23)(H,18,21)(H,19,22). The number of amides is 4. The lowest BCUT2D eigenvalue weighted by Crippen LogP contribution is -2.53. The number of anilines is 1. The summed E-state index contributed by atoms with van der Waals surface area (Å²) in [6.07, 6.45) is 1.07. The second-order valence-corrected chi connectivity index (χ2v) is 5.91. The molecule has 3 rings (SSSR count). The zero-order valence-corrected chi connectivity index (χ0v) is 13.0. The molecule has 0 saturated carbocycles. The molecule has 0 aromatic heterocycles. The zero-order valence-electron chi connectivity index (χ0n) is 13.0. The molecule has 2 saturated heterocycles. The number of rotatable bonds is 3.